The number of ketones is 1. The van der Waals surface area contributed by atoms with Gasteiger partial charge in [-0.2, -0.15) is 0 Å². The molecule has 0 aromatic heterocycles. The van der Waals surface area contributed by atoms with Crippen LogP contribution in [0.2, 0.25) is 0 Å². The number of hydrogen-bond donors (Lipinski definition) is 1. The maximum Gasteiger partial charge on any atom is 0.333 e. The lowest BCUT2D eigenvalue weighted by molar-refractivity contribution is -0.140. The second-order valence-electron chi connectivity index (χ2n) is 7.56. The first-order chi connectivity index (χ1) is 15.3. The molecular weight excluding hydrogens is 404 g/mol. The second-order valence-corrected chi connectivity index (χ2v) is 7.56. The molecule has 3 rings (SSSR count). The van der Waals surface area contributed by atoms with Gasteiger partial charge in [-0.3, -0.25) is 4.79 Å². The van der Waals surface area contributed by atoms with E-state index in [0.717, 1.165) is 11.1 Å². The summed E-state index contributed by atoms with van der Waals surface area (Å²) in [5, 5.41) is 19.1. The molecule has 0 amide bonds. The van der Waals surface area contributed by atoms with Gasteiger partial charge in [0.2, 0.25) is 0 Å². The number of phenolic OH excluding ortho intramolecular Hbond substituents is 1. The van der Waals surface area contributed by atoms with Crippen LogP contribution in [-0.2, 0) is 16.1 Å². The van der Waals surface area contributed by atoms with Gasteiger partial charge in [0.15, 0.2) is 5.78 Å². The molecule has 0 unspecified atom stereocenters. The lowest BCUT2D eigenvalue weighted by Crippen LogP contribution is -2.05. The van der Waals surface area contributed by atoms with E-state index in [1.165, 1.54) is 0 Å². The van der Waals surface area contributed by atoms with Gasteiger partial charge in [-0.05, 0) is 50.6 Å². The highest BCUT2D eigenvalue weighted by molar-refractivity contribution is 6.12. The number of benzene rings is 3. The van der Waals surface area contributed by atoms with E-state index in [9.17, 15) is 14.7 Å². The number of carbonyl (C=O) groups excluding carboxylic acids is 2. The summed E-state index contributed by atoms with van der Waals surface area (Å²) >= 11 is 0. The Kier molecular flexibility index (Phi) is 6.95. The van der Waals surface area contributed by atoms with Crippen molar-refractivity contribution in [2.24, 2.45) is 10.2 Å². The maximum atomic E-state index is 13.0. The minimum Gasteiger partial charge on any atom is -0.505 e. The van der Waals surface area contributed by atoms with E-state index in [2.05, 4.69) is 16.8 Å². The molecule has 0 bridgehead atoms. The highest BCUT2D eigenvalue weighted by Gasteiger charge is 2.15. The Balaban J connectivity index is 1.94. The number of phenols is 1. The van der Waals surface area contributed by atoms with Gasteiger partial charge in [-0.15, -0.1) is 10.2 Å². The fourth-order valence-electron chi connectivity index (χ4n) is 3.06. The number of ether oxygens (including phenoxy) is 1. The molecule has 0 saturated heterocycles. The van der Waals surface area contributed by atoms with Gasteiger partial charge in [0, 0.05) is 16.7 Å². The molecule has 162 valence electrons. The molecule has 32 heavy (non-hydrogen) atoms. The molecule has 3 aromatic rings. The van der Waals surface area contributed by atoms with Crippen LogP contribution in [0.1, 0.15) is 39.5 Å². The fraction of sp³-hybridized carbons (Fsp3) is 0.154. The summed E-state index contributed by atoms with van der Waals surface area (Å²) in [7, 11) is 0. The first kappa shape index (κ1) is 22.6. The largest absolute Gasteiger partial charge is 0.505 e. The van der Waals surface area contributed by atoms with Crippen molar-refractivity contribution in [3.05, 3.63) is 101 Å². The Bertz CT molecular complexity index is 1210. The molecule has 0 radical (unpaired) electrons. The van der Waals surface area contributed by atoms with Crippen molar-refractivity contribution in [3.8, 4) is 5.75 Å². The standard InChI is InChI=1S/C26H24N2O4/c1-16(2)26(31)32-15-20-12-18(4)14-23(25(20)30)28-27-22-11-10-17(3)13-21(22)24(29)19-8-6-5-7-9-19/h5-14,30H,1,15H2,2-4H3. The van der Waals surface area contributed by atoms with Crippen molar-refractivity contribution in [3.63, 3.8) is 0 Å². The predicted octanol–water partition coefficient (Wildman–Crippen LogP) is 6.27. The molecular formula is C26H24N2O4. The van der Waals surface area contributed by atoms with E-state index >= 15 is 0 Å². The topological polar surface area (TPSA) is 88.3 Å². The Morgan fingerprint density at radius 3 is 2.31 bits per heavy atom. The summed E-state index contributed by atoms with van der Waals surface area (Å²) in [4.78, 5) is 24.7. The molecule has 0 fully saturated rings. The molecule has 6 nitrogen and oxygen atoms in total. The molecule has 0 saturated carbocycles. The number of azo groups is 1. The summed E-state index contributed by atoms with van der Waals surface area (Å²) < 4.78 is 5.14. The van der Waals surface area contributed by atoms with Gasteiger partial charge in [0.05, 0.1) is 11.3 Å². The number of hydrogen-bond acceptors (Lipinski definition) is 6. The third-order valence-electron chi connectivity index (χ3n) is 4.72. The quantitative estimate of drug-likeness (QED) is 0.208. The van der Waals surface area contributed by atoms with Gasteiger partial charge >= 0.3 is 5.97 Å². The summed E-state index contributed by atoms with van der Waals surface area (Å²) in [6.45, 7) is 8.70. The number of aryl methyl sites for hydroxylation is 2. The smallest absolute Gasteiger partial charge is 0.333 e. The van der Waals surface area contributed by atoms with E-state index in [4.69, 9.17) is 4.74 Å². The van der Waals surface area contributed by atoms with E-state index < -0.39 is 5.97 Å². The van der Waals surface area contributed by atoms with E-state index in [-0.39, 0.29) is 29.4 Å². The van der Waals surface area contributed by atoms with E-state index in [1.54, 1.807) is 55.5 Å². The van der Waals surface area contributed by atoms with Crippen molar-refractivity contribution in [1.29, 1.82) is 0 Å². The van der Waals surface area contributed by atoms with Crippen LogP contribution in [0.15, 0.2) is 83.0 Å². The summed E-state index contributed by atoms with van der Waals surface area (Å²) in [5.74, 6) is -0.848. The molecule has 6 heteroatoms. The van der Waals surface area contributed by atoms with Crippen LogP contribution in [0.4, 0.5) is 11.4 Å². The first-order valence-electron chi connectivity index (χ1n) is 10.0. The zero-order valence-electron chi connectivity index (χ0n) is 18.3. The highest BCUT2D eigenvalue weighted by Crippen LogP contribution is 2.34. The zero-order chi connectivity index (χ0) is 23.3. The summed E-state index contributed by atoms with van der Waals surface area (Å²) in [6, 6.07) is 17.6. The van der Waals surface area contributed by atoms with Crippen LogP contribution in [0.5, 0.6) is 5.75 Å². The van der Waals surface area contributed by atoms with Crippen LogP contribution in [0.25, 0.3) is 0 Å². The molecule has 0 aliphatic rings. The molecule has 1 N–H and O–H groups in total. The number of carbonyl (C=O) groups is 2. The minimum atomic E-state index is -0.544. The van der Waals surface area contributed by atoms with E-state index in [1.807, 2.05) is 26.0 Å². The maximum absolute atomic E-state index is 13.0. The zero-order valence-corrected chi connectivity index (χ0v) is 18.3. The highest BCUT2D eigenvalue weighted by atomic mass is 16.5. The number of aromatic hydroxyl groups is 1. The van der Waals surface area contributed by atoms with Crippen molar-refractivity contribution < 1.29 is 19.4 Å². The SMILES string of the molecule is C=C(C)C(=O)OCc1cc(C)cc(N=Nc2ccc(C)cc2C(=O)c2ccccc2)c1O. The number of rotatable bonds is 7. The van der Waals surface area contributed by atoms with Gasteiger partial charge in [0.25, 0.3) is 0 Å². The van der Waals surface area contributed by atoms with Crippen LogP contribution in [0.3, 0.4) is 0 Å². The van der Waals surface area contributed by atoms with Gasteiger partial charge in [-0.25, -0.2) is 4.79 Å². The Morgan fingerprint density at radius 2 is 1.62 bits per heavy atom. The molecule has 3 aromatic carbocycles. The average Bonchev–Trinajstić information content (AvgIpc) is 2.78. The molecule has 0 aliphatic heterocycles. The second kappa shape index (κ2) is 9.83. The summed E-state index contributed by atoms with van der Waals surface area (Å²) in [5.41, 5.74) is 3.97. The van der Waals surface area contributed by atoms with Crippen LogP contribution in [-0.4, -0.2) is 16.9 Å². The normalized spacial score (nSPS) is 10.8. The number of nitrogens with zero attached hydrogens (tertiary/aromatic N) is 2. The van der Waals surface area contributed by atoms with Crippen molar-refractivity contribution in [2.45, 2.75) is 27.4 Å². The molecule has 0 heterocycles. The van der Waals surface area contributed by atoms with Crippen LogP contribution >= 0.6 is 0 Å². The summed E-state index contributed by atoms with van der Waals surface area (Å²) in [6.07, 6.45) is 0. The van der Waals surface area contributed by atoms with Crippen molar-refractivity contribution in [1.82, 2.24) is 0 Å². The monoisotopic (exact) mass is 428 g/mol. The Labute approximate surface area is 186 Å². The van der Waals surface area contributed by atoms with Crippen molar-refractivity contribution in [2.75, 3.05) is 0 Å². The van der Waals surface area contributed by atoms with Gasteiger partial charge in [-0.1, -0.05) is 48.5 Å². The van der Waals surface area contributed by atoms with Crippen molar-refractivity contribution >= 4 is 23.1 Å². The molecule has 0 atom stereocenters. The minimum absolute atomic E-state index is 0.121. The third kappa shape index (κ3) is 5.35. The lowest BCUT2D eigenvalue weighted by Gasteiger charge is -2.10. The van der Waals surface area contributed by atoms with Crippen LogP contribution in [0, 0.1) is 13.8 Å². The predicted molar refractivity (Wildman–Crippen MR) is 123 cm³/mol. The molecule has 0 spiro atoms. The Hall–Kier alpha value is -4.06. The Morgan fingerprint density at radius 1 is 0.938 bits per heavy atom. The first-order valence-corrected chi connectivity index (χ1v) is 10.0. The fourth-order valence-corrected chi connectivity index (χ4v) is 3.06. The third-order valence-corrected chi connectivity index (χ3v) is 4.72. The van der Waals surface area contributed by atoms with Gasteiger partial charge in [0.1, 0.15) is 18.0 Å². The lowest BCUT2D eigenvalue weighted by atomic mass is 10.00. The average molecular weight is 428 g/mol. The van der Waals surface area contributed by atoms with Crippen LogP contribution < -0.4 is 0 Å². The number of esters is 1. The van der Waals surface area contributed by atoms with E-state index in [0.29, 0.717) is 22.4 Å². The van der Waals surface area contributed by atoms with Gasteiger partial charge < -0.3 is 9.84 Å². The molecule has 0 aliphatic carbocycles.